The number of nitrogens with zero attached hydrogens (tertiary/aromatic N) is 6. The van der Waals surface area contributed by atoms with Crippen molar-refractivity contribution < 1.29 is 9.32 Å². The number of amides is 1. The number of hydrogen-bond donors (Lipinski definition) is 0. The smallest absolute Gasteiger partial charge is 0.276 e. The zero-order valence-corrected chi connectivity index (χ0v) is 12.7. The number of aromatic nitrogens is 5. The summed E-state index contributed by atoms with van der Waals surface area (Å²) in [5.74, 6) is 1.39. The zero-order chi connectivity index (χ0) is 15.8. The Hall–Kier alpha value is -2.90. The van der Waals surface area contributed by atoms with Crippen LogP contribution in [0.5, 0.6) is 0 Å². The molecule has 118 valence electrons. The Morgan fingerprint density at radius 1 is 1.39 bits per heavy atom. The average molecular weight is 312 g/mol. The van der Waals surface area contributed by atoms with Crippen LogP contribution >= 0.6 is 0 Å². The van der Waals surface area contributed by atoms with E-state index in [1.54, 1.807) is 24.1 Å². The first kappa shape index (κ1) is 13.7. The van der Waals surface area contributed by atoms with Gasteiger partial charge in [0.15, 0.2) is 5.69 Å². The van der Waals surface area contributed by atoms with Crippen molar-refractivity contribution in [3.63, 3.8) is 0 Å². The van der Waals surface area contributed by atoms with Crippen molar-refractivity contribution in [1.82, 2.24) is 29.4 Å². The van der Waals surface area contributed by atoms with E-state index in [2.05, 4.69) is 19.8 Å². The minimum absolute atomic E-state index is 0.121. The van der Waals surface area contributed by atoms with Gasteiger partial charge >= 0.3 is 0 Å². The van der Waals surface area contributed by atoms with Crippen LogP contribution in [0.15, 0.2) is 35.2 Å². The summed E-state index contributed by atoms with van der Waals surface area (Å²) in [5.41, 5.74) is 1.44. The Morgan fingerprint density at radius 3 is 3.04 bits per heavy atom. The van der Waals surface area contributed by atoms with E-state index >= 15 is 0 Å². The molecule has 4 rings (SSSR count). The van der Waals surface area contributed by atoms with Crippen molar-refractivity contribution in [3.05, 3.63) is 53.7 Å². The molecular formula is C15H16N6O2. The van der Waals surface area contributed by atoms with Gasteiger partial charge in [-0.2, -0.15) is 5.10 Å². The van der Waals surface area contributed by atoms with Gasteiger partial charge in [0, 0.05) is 31.5 Å². The third kappa shape index (κ3) is 2.52. The normalized spacial score (nSPS) is 14.0. The minimum Gasteiger partial charge on any atom is -0.361 e. The van der Waals surface area contributed by atoms with Crippen LogP contribution < -0.4 is 0 Å². The molecule has 0 radical (unpaired) electrons. The van der Waals surface area contributed by atoms with Crippen LogP contribution in [0.1, 0.15) is 27.8 Å². The van der Waals surface area contributed by atoms with Gasteiger partial charge in [-0.3, -0.25) is 9.48 Å². The lowest BCUT2D eigenvalue weighted by Crippen LogP contribution is -2.39. The van der Waals surface area contributed by atoms with E-state index in [0.717, 1.165) is 11.5 Å². The van der Waals surface area contributed by atoms with E-state index in [1.165, 1.54) is 0 Å². The van der Waals surface area contributed by atoms with Crippen LogP contribution in [0, 0.1) is 6.92 Å². The van der Waals surface area contributed by atoms with E-state index < -0.39 is 0 Å². The van der Waals surface area contributed by atoms with E-state index in [0.29, 0.717) is 37.6 Å². The van der Waals surface area contributed by atoms with Gasteiger partial charge in [-0.1, -0.05) is 5.16 Å². The quantitative estimate of drug-likeness (QED) is 0.723. The fourth-order valence-electron chi connectivity index (χ4n) is 2.81. The molecule has 3 aromatic rings. The molecule has 0 unspecified atom stereocenters. The number of aryl methyl sites for hydroxylation is 1. The summed E-state index contributed by atoms with van der Waals surface area (Å²) in [6.07, 6.45) is 5.53. The number of carbonyl (C=O) groups excluding carboxylic acids is 1. The molecule has 0 spiro atoms. The van der Waals surface area contributed by atoms with Crippen LogP contribution in [0.2, 0.25) is 0 Å². The molecule has 8 nitrogen and oxygen atoms in total. The predicted octanol–water partition coefficient (Wildman–Crippen LogP) is 1.08. The van der Waals surface area contributed by atoms with Crippen molar-refractivity contribution in [3.8, 4) is 0 Å². The molecule has 0 aromatic carbocycles. The molecule has 1 aliphatic heterocycles. The summed E-state index contributed by atoms with van der Waals surface area (Å²) < 4.78 is 8.99. The average Bonchev–Trinajstić information content (AvgIpc) is 3.28. The lowest BCUT2D eigenvalue weighted by molar-refractivity contribution is 0.0695. The Kier molecular flexibility index (Phi) is 3.22. The molecule has 0 saturated heterocycles. The minimum atomic E-state index is -0.121. The third-order valence-corrected chi connectivity index (χ3v) is 3.96. The van der Waals surface area contributed by atoms with Gasteiger partial charge < -0.3 is 14.0 Å². The first-order valence-electron chi connectivity index (χ1n) is 7.44. The van der Waals surface area contributed by atoms with Crippen molar-refractivity contribution in [2.45, 2.75) is 26.6 Å². The van der Waals surface area contributed by atoms with E-state index in [-0.39, 0.29) is 5.91 Å². The monoisotopic (exact) mass is 312 g/mol. The van der Waals surface area contributed by atoms with Gasteiger partial charge in [0.1, 0.15) is 11.6 Å². The van der Waals surface area contributed by atoms with Crippen LogP contribution in [0.25, 0.3) is 0 Å². The maximum Gasteiger partial charge on any atom is 0.276 e. The highest BCUT2D eigenvalue weighted by Crippen LogP contribution is 2.17. The Bertz CT molecular complexity index is 832. The number of imidazole rings is 1. The lowest BCUT2D eigenvalue weighted by atomic mass is 10.3. The second-order valence-corrected chi connectivity index (χ2v) is 5.57. The summed E-state index contributed by atoms with van der Waals surface area (Å²) in [7, 11) is 0. The summed E-state index contributed by atoms with van der Waals surface area (Å²) in [4.78, 5) is 18.6. The number of rotatable bonds is 3. The van der Waals surface area contributed by atoms with Crippen molar-refractivity contribution in [2.24, 2.45) is 0 Å². The molecule has 4 heterocycles. The fourth-order valence-corrected chi connectivity index (χ4v) is 2.81. The lowest BCUT2D eigenvalue weighted by Gasteiger charge is -2.28. The second kappa shape index (κ2) is 5.38. The third-order valence-electron chi connectivity index (χ3n) is 3.96. The van der Waals surface area contributed by atoms with Gasteiger partial charge in [-0.05, 0) is 13.0 Å². The highest BCUT2D eigenvalue weighted by Gasteiger charge is 2.26. The molecule has 0 bridgehead atoms. The van der Waals surface area contributed by atoms with Crippen molar-refractivity contribution >= 4 is 5.91 Å². The molecule has 0 atom stereocenters. The van der Waals surface area contributed by atoms with E-state index in [9.17, 15) is 4.79 Å². The standard InChI is InChI=1S/C15H16N6O2/c1-11-7-13(18-23-11)15(22)19-5-6-21-12(8-16-14(21)10-19)9-20-4-2-3-17-20/h2-4,7-8H,5-6,9-10H2,1H3. The highest BCUT2D eigenvalue weighted by atomic mass is 16.5. The molecule has 0 fully saturated rings. The van der Waals surface area contributed by atoms with E-state index in [4.69, 9.17) is 4.52 Å². The number of carbonyl (C=O) groups is 1. The molecular weight excluding hydrogens is 296 g/mol. The van der Waals surface area contributed by atoms with Crippen LogP contribution in [-0.4, -0.2) is 41.8 Å². The van der Waals surface area contributed by atoms with Crippen molar-refractivity contribution in [1.29, 1.82) is 0 Å². The molecule has 3 aromatic heterocycles. The van der Waals surface area contributed by atoms with Crippen LogP contribution in [0.4, 0.5) is 0 Å². The first-order valence-corrected chi connectivity index (χ1v) is 7.44. The topological polar surface area (TPSA) is 82.0 Å². The number of fused-ring (bicyclic) bond motifs is 1. The van der Waals surface area contributed by atoms with Gasteiger partial charge in [0.05, 0.1) is 25.0 Å². The van der Waals surface area contributed by atoms with Gasteiger partial charge in [-0.15, -0.1) is 0 Å². The number of hydrogen-bond acceptors (Lipinski definition) is 5. The molecule has 0 saturated carbocycles. The van der Waals surface area contributed by atoms with Gasteiger partial charge in [-0.25, -0.2) is 4.98 Å². The molecule has 1 aliphatic rings. The summed E-state index contributed by atoms with van der Waals surface area (Å²) >= 11 is 0. The Balaban J connectivity index is 1.52. The highest BCUT2D eigenvalue weighted by molar-refractivity contribution is 5.92. The second-order valence-electron chi connectivity index (χ2n) is 5.57. The first-order chi connectivity index (χ1) is 11.2. The maximum absolute atomic E-state index is 12.4. The molecule has 8 heteroatoms. The Morgan fingerprint density at radius 2 is 2.30 bits per heavy atom. The van der Waals surface area contributed by atoms with Crippen molar-refractivity contribution in [2.75, 3.05) is 6.54 Å². The van der Waals surface area contributed by atoms with Crippen LogP contribution in [0.3, 0.4) is 0 Å². The summed E-state index contributed by atoms with van der Waals surface area (Å²) in [6, 6.07) is 3.56. The summed E-state index contributed by atoms with van der Waals surface area (Å²) in [5, 5.41) is 8.01. The predicted molar refractivity (Wildman–Crippen MR) is 79.5 cm³/mol. The SMILES string of the molecule is Cc1cc(C(=O)N2CCn3c(Cn4cccn4)cnc3C2)no1. The molecule has 1 amide bonds. The molecule has 0 aliphatic carbocycles. The zero-order valence-electron chi connectivity index (χ0n) is 12.7. The largest absolute Gasteiger partial charge is 0.361 e. The summed E-state index contributed by atoms with van der Waals surface area (Å²) in [6.45, 7) is 4.27. The maximum atomic E-state index is 12.4. The van der Waals surface area contributed by atoms with Gasteiger partial charge in [0.25, 0.3) is 5.91 Å². The van der Waals surface area contributed by atoms with Crippen LogP contribution in [-0.2, 0) is 19.6 Å². The Labute approximate surface area is 132 Å². The molecule has 0 N–H and O–H groups in total. The fraction of sp³-hybridized carbons (Fsp3) is 0.333. The van der Waals surface area contributed by atoms with Gasteiger partial charge in [0.2, 0.25) is 0 Å². The van der Waals surface area contributed by atoms with E-state index in [1.807, 2.05) is 23.1 Å². The molecule has 23 heavy (non-hydrogen) atoms.